The first-order valence-corrected chi connectivity index (χ1v) is 10.1. The highest BCUT2D eigenvalue weighted by Crippen LogP contribution is 2.30. The van der Waals surface area contributed by atoms with E-state index < -0.39 is 22.6 Å². The highest BCUT2D eigenvalue weighted by atomic mass is 35.5. The molecule has 1 aliphatic rings. The van der Waals surface area contributed by atoms with E-state index in [0.29, 0.717) is 4.31 Å². The summed E-state index contributed by atoms with van der Waals surface area (Å²) in [6, 6.07) is 5.88. The van der Waals surface area contributed by atoms with E-state index in [-0.39, 0.29) is 33.7 Å². The third kappa shape index (κ3) is 3.56. The number of nitrogens with one attached hydrogen (secondary N) is 1. The summed E-state index contributed by atoms with van der Waals surface area (Å²) in [5.74, 6) is -0.760. The number of rotatable bonds is 6. The van der Waals surface area contributed by atoms with E-state index in [2.05, 4.69) is 20.3 Å². The number of carbonyl (C=O) groups excluding carboxylic acids is 1. The van der Waals surface area contributed by atoms with E-state index in [1.807, 2.05) is 13.8 Å². The number of nitrogens with zero attached hydrogens (tertiary/aromatic N) is 6. The van der Waals surface area contributed by atoms with Gasteiger partial charge in [-0.25, -0.2) is 17.6 Å². The molecule has 0 spiro atoms. The Morgan fingerprint density at radius 2 is 2.04 bits per heavy atom. The molecule has 0 saturated heterocycles. The van der Waals surface area contributed by atoms with Gasteiger partial charge in [0.1, 0.15) is 11.6 Å². The molecular formula is C16H16ClN7O3S. The molecule has 146 valence electrons. The van der Waals surface area contributed by atoms with Gasteiger partial charge in [0.25, 0.3) is 15.9 Å². The summed E-state index contributed by atoms with van der Waals surface area (Å²) in [4.78, 5) is 25.2. The van der Waals surface area contributed by atoms with Crippen LogP contribution >= 0.6 is 11.6 Å². The molecule has 0 fully saturated rings. The fourth-order valence-corrected chi connectivity index (χ4v) is 4.15. The van der Waals surface area contributed by atoms with Crippen LogP contribution in [0.15, 0.2) is 29.2 Å². The third-order valence-corrected chi connectivity index (χ3v) is 6.07. The van der Waals surface area contributed by atoms with Gasteiger partial charge in [0.05, 0.1) is 5.56 Å². The molecule has 0 radical (unpaired) electrons. The number of halogens is 1. The molecule has 2 heterocycles. The lowest BCUT2D eigenvalue weighted by molar-refractivity contribution is 0.0873. The minimum Gasteiger partial charge on any atom is -0.352 e. The lowest BCUT2D eigenvalue weighted by Crippen LogP contribution is -2.40. The average molecular weight is 422 g/mol. The lowest BCUT2D eigenvalue weighted by Gasteiger charge is -2.21. The number of aromatic nitrogens is 3. The minimum atomic E-state index is -4.08. The molecule has 0 aliphatic carbocycles. The van der Waals surface area contributed by atoms with Gasteiger partial charge in [0.2, 0.25) is 17.2 Å². The molecule has 1 aliphatic heterocycles. The number of hydrogen-bond acceptors (Lipinski definition) is 9. The number of nitriles is 1. The summed E-state index contributed by atoms with van der Waals surface area (Å²) in [6.45, 7) is 3.28. The smallest absolute Gasteiger partial charge is 0.270 e. The summed E-state index contributed by atoms with van der Waals surface area (Å²) in [5, 5.41) is 12.3. The molecule has 0 bridgehead atoms. The number of fused-ring (bicyclic) bond motifs is 1. The van der Waals surface area contributed by atoms with Crippen molar-refractivity contribution in [3.8, 4) is 6.19 Å². The van der Waals surface area contributed by atoms with Crippen LogP contribution in [0.5, 0.6) is 0 Å². The van der Waals surface area contributed by atoms with Crippen LogP contribution in [0.1, 0.15) is 30.6 Å². The normalized spacial score (nSPS) is 15.6. The number of amides is 1. The van der Waals surface area contributed by atoms with Crippen molar-refractivity contribution in [2.45, 2.75) is 31.2 Å². The molecule has 1 aromatic heterocycles. The fraction of sp³-hybridized carbons (Fsp3) is 0.312. The van der Waals surface area contributed by atoms with Gasteiger partial charge < -0.3 is 5.32 Å². The van der Waals surface area contributed by atoms with Gasteiger partial charge in [-0.05, 0) is 37.1 Å². The van der Waals surface area contributed by atoms with E-state index in [9.17, 15) is 18.5 Å². The van der Waals surface area contributed by atoms with Crippen molar-refractivity contribution in [2.24, 2.45) is 0 Å². The molecule has 10 nitrogen and oxygen atoms in total. The Morgan fingerprint density at radius 1 is 1.32 bits per heavy atom. The minimum absolute atomic E-state index is 0.0388. The van der Waals surface area contributed by atoms with Gasteiger partial charge in [0.15, 0.2) is 6.19 Å². The number of hydrogen-bond donors (Lipinski definition) is 1. The van der Waals surface area contributed by atoms with Gasteiger partial charge >= 0.3 is 0 Å². The number of sulfonamides is 1. The van der Waals surface area contributed by atoms with Crippen molar-refractivity contribution in [1.29, 1.82) is 5.26 Å². The summed E-state index contributed by atoms with van der Waals surface area (Å²) in [7, 11) is -4.08. The van der Waals surface area contributed by atoms with Gasteiger partial charge in [-0.2, -0.15) is 20.2 Å². The van der Waals surface area contributed by atoms with Crippen LogP contribution in [0.3, 0.4) is 0 Å². The van der Waals surface area contributed by atoms with E-state index in [1.165, 1.54) is 18.2 Å². The number of benzene rings is 1. The summed E-state index contributed by atoms with van der Waals surface area (Å²) in [5.41, 5.74) is 0.0493. The Morgan fingerprint density at radius 3 is 2.68 bits per heavy atom. The van der Waals surface area contributed by atoms with E-state index >= 15 is 0 Å². The maximum atomic E-state index is 12.7. The Hall–Kier alpha value is -2.97. The molecular weight excluding hydrogens is 406 g/mol. The van der Waals surface area contributed by atoms with Crippen molar-refractivity contribution in [2.75, 3.05) is 16.9 Å². The van der Waals surface area contributed by atoms with Crippen molar-refractivity contribution in [1.82, 2.24) is 19.3 Å². The first-order valence-electron chi connectivity index (χ1n) is 8.29. The number of carbonyl (C=O) groups is 1. The molecule has 28 heavy (non-hydrogen) atoms. The molecule has 1 amide bonds. The topological polar surface area (TPSA) is 132 Å². The maximum Gasteiger partial charge on any atom is 0.270 e. The molecule has 0 saturated carbocycles. The van der Waals surface area contributed by atoms with Gasteiger partial charge in [-0.1, -0.05) is 19.1 Å². The summed E-state index contributed by atoms with van der Waals surface area (Å²) >= 11 is 5.91. The second-order valence-electron chi connectivity index (χ2n) is 6.01. The quantitative estimate of drug-likeness (QED) is 0.547. The molecule has 2 aromatic rings. The standard InChI is InChI=1S/C16H16ClN7O3S/c1-3-10(2)19-15-20-14(17)21-16(22-15)23(8-18)9-24-13(25)11-6-4-5-7-12(11)28(24,26)27/h4-7,10H,3,9H2,1-2H3,(H,19,20,21,22)/t10-/m1/s1. The Kier molecular flexibility index (Phi) is 5.35. The zero-order valence-electron chi connectivity index (χ0n) is 15.0. The first kappa shape index (κ1) is 19.8. The summed E-state index contributed by atoms with van der Waals surface area (Å²) < 4.78 is 25.9. The van der Waals surface area contributed by atoms with E-state index in [0.717, 1.165) is 11.3 Å². The van der Waals surface area contributed by atoms with E-state index in [4.69, 9.17) is 11.6 Å². The first-order chi connectivity index (χ1) is 13.3. The second-order valence-corrected chi connectivity index (χ2v) is 8.17. The van der Waals surface area contributed by atoms with Crippen LogP contribution in [0.2, 0.25) is 5.28 Å². The van der Waals surface area contributed by atoms with Gasteiger partial charge in [0, 0.05) is 6.04 Å². The Balaban J connectivity index is 1.92. The third-order valence-electron chi connectivity index (χ3n) is 4.13. The highest BCUT2D eigenvalue weighted by molar-refractivity contribution is 7.90. The molecule has 3 rings (SSSR count). The monoisotopic (exact) mass is 421 g/mol. The van der Waals surface area contributed by atoms with Crippen LogP contribution in [0, 0.1) is 11.5 Å². The molecule has 1 N–H and O–H groups in total. The number of anilines is 2. The summed E-state index contributed by atoms with van der Waals surface area (Å²) in [6.07, 6.45) is 2.58. The van der Waals surface area contributed by atoms with Crippen LogP contribution in [0.4, 0.5) is 11.9 Å². The molecule has 1 atom stereocenters. The predicted molar refractivity (Wildman–Crippen MR) is 101 cm³/mol. The fourth-order valence-electron chi connectivity index (χ4n) is 2.49. The highest BCUT2D eigenvalue weighted by Gasteiger charge is 2.42. The lowest BCUT2D eigenvalue weighted by atomic mass is 10.2. The van der Waals surface area contributed by atoms with Crippen molar-refractivity contribution in [3.63, 3.8) is 0 Å². The Labute approximate surface area is 166 Å². The SMILES string of the molecule is CC[C@@H](C)Nc1nc(Cl)nc(N(C#N)CN2C(=O)c3ccccc3S2(=O)=O)n1. The van der Waals surface area contributed by atoms with Gasteiger partial charge in [-0.3, -0.25) is 4.79 Å². The van der Waals surface area contributed by atoms with Crippen LogP contribution in [-0.2, 0) is 10.0 Å². The zero-order valence-corrected chi connectivity index (χ0v) is 16.6. The molecule has 0 unspecified atom stereocenters. The van der Waals surface area contributed by atoms with Crippen LogP contribution in [-0.4, -0.2) is 46.3 Å². The zero-order chi connectivity index (χ0) is 20.5. The molecule has 12 heteroatoms. The molecule has 1 aromatic carbocycles. The van der Waals surface area contributed by atoms with Crippen molar-refractivity contribution < 1.29 is 13.2 Å². The maximum absolute atomic E-state index is 12.7. The second kappa shape index (κ2) is 7.57. The van der Waals surface area contributed by atoms with E-state index in [1.54, 1.807) is 12.3 Å². The Bertz CT molecular complexity index is 1070. The largest absolute Gasteiger partial charge is 0.352 e. The van der Waals surface area contributed by atoms with Crippen LogP contribution in [0.25, 0.3) is 0 Å². The average Bonchev–Trinajstić information content (AvgIpc) is 2.85. The van der Waals surface area contributed by atoms with Gasteiger partial charge in [-0.15, -0.1) is 0 Å². The predicted octanol–water partition coefficient (Wildman–Crippen LogP) is 1.83. The van der Waals surface area contributed by atoms with Crippen molar-refractivity contribution >= 4 is 39.4 Å². The van der Waals surface area contributed by atoms with Crippen LogP contribution < -0.4 is 10.2 Å². The van der Waals surface area contributed by atoms with Crippen molar-refractivity contribution in [3.05, 3.63) is 35.1 Å².